The molecule has 3 fully saturated rings. The Kier molecular flexibility index (Phi) is 5.75. The van der Waals surface area contributed by atoms with E-state index < -0.39 is 23.8 Å². The first-order valence-corrected chi connectivity index (χ1v) is 9.34. The maximum Gasteiger partial charge on any atom is 0.573 e. The van der Waals surface area contributed by atoms with Gasteiger partial charge in [0.2, 0.25) is 5.91 Å². The summed E-state index contributed by atoms with van der Waals surface area (Å²) in [6.45, 7) is 1.31. The lowest BCUT2D eigenvalue weighted by molar-refractivity contribution is -0.274. The average Bonchev–Trinajstić information content (AvgIpc) is 3.25. The third kappa shape index (κ3) is 3.90. The third-order valence-electron chi connectivity index (χ3n) is 6.30. The van der Waals surface area contributed by atoms with Crippen molar-refractivity contribution in [1.29, 1.82) is 0 Å². The van der Waals surface area contributed by atoms with Crippen LogP contribution in [0.5, 0.6) is 5.75 Å². The Labute approximate surface area is 172 Å². The number of nitrogens with zero attached hydrogens (tertiary/aromatic N) is 2. The van der Waals surface area contributed by atoms with E-state index in [0.717, 1.165) is 12.8 Å². The van der Waals surface area contributed by atoms with Crippen molar-refractivity contribution >= 4 is 30.0 Å². The van der Waals surface area contributed by atoms with Crippen LogP contribution < -0.4 is 9.64 Å². The highest BCUT2D eigenvalue weighted by Crippen LogP contribution is 2.50. The fourth-order valence-corrected chi connectivity index (χ4v) is 5.02. The summed E-state index contributed by atoms with van der Waals surface area (Å²) in [7, 11) is 0. The van der Waals surface area contributed by atoms with Crippen LogP contribution in [0.3, 0.4) is 0 Å². The number of alkyl halides is 3. The molecule has 6 nitrogen and oxygen atoms in total. The predicted molar refractivity (Wildman–Crippen MR) is 100 cm³/mol. The lowest BCUT2D eigenvalue weighted by atomic mass is 9.81. The number of hydrogen-bond acceptors (Lipinski definition) is 4. The maximum absolute atomic E-state index is 13.0. The van der Waals surface area contributed by atoms with Crippen molar-refractivity contribution in [2.75, 3.05) is 24.5 Å². The molecule has 3 aliphatic rings. The zero-order valence-corrected chi connectivity index (χ0v) is 16.3. The number of amides is 1. The molecular weight excluding hydrogens is 413 g/mol. The predicted octanol–water partition coefficient (Wildman–Crippen LogP) is 3.30. The van der Waals surface area contributed by atoms with Crippen LogP contribution in [0.25, 0.3) is 0 Å². The molecule has 1 amide bonds. The topological polar surface area (TPSA) is 70.1 Å². The van der Waals surface area contributed by atoms with Gasteiger partial charge in [-0.1, -0.05) is 12.5 Å². The molecule has 0 spiro atoms. The molecule has 1 N–H and O–H groups in total. The summed E-state index contributed by atoms with van der Waals surface area (Å²) in [5.74, 6) is -1.32. The number of ether oxygens (including phenoxy) is 1. The number of hydrogen-bond donors (Lipinski definition) is 1. The van der Waals surface area contributed by atoms with Crippen LogP contribution in [0.15, 0.2) is 24.3 Å². The van der Waals surface area contributed by atoms with Crippen molar-refractivity contribution < 1.29 is 32.6 Å². The Morgan fingerprint density at radius 1 is 1.28 bits per heavy atom. The van der Waals surface area contributed by atoms with Crippen molar-refractivity contribution in [2.45, 2.75) is 38.1 Å². The van der Waals surface area contributed by atoms with E-state index in [0.29, 0.717) is 38.2 Å². The number of carboxylic acids is 1. The van der Waals surface area contributed by atoms with E-state index >= 15 is 0 Å². The first-order chi connectivity index (χ1) is 13.2. The fraction of sp³-hybridized carbons (Fsp3) is 0.579. The number of halogens is 4. The molecular formula is C19H22ClF3N2O4. The summed E-state index contributed by atoms with van der Waals surface area (Å²) in [5.41, 5.74) is -0.421. The van der Waals surface area contributed by atoms with Gasteiger partial charge < -0.3 is 14.7 Å². The summed E-state index contributed by atoms with van der Waals surface area (Å²) in [6, 6.07) is 4.94. The average molecular weight is 435 g/mol. The molecule has 0 radical (unpaired) electrons. The molecule has 2 heterocycles. The molecule has 0 aromatic heterocycles. The molecule has 160 valence electrons. The molecule has 1 aliphatic carbocycles. The van der Waals surface area contributed by atoms with E-state index in [1.54, 1.807) is 6.07 Å². The van der Waals surface area contributed by atoms with E-state index in [1.807, 2.05) is 4.90 Å². The van der Waals surface area contributed by atoms with Gasteiger partial charge in [0.15, 0.2) is 0 Å². The lowest BCUT2D eigenvalue weighted by Gasteiger charge is -2.26. The van der Waals surface area contributed by atoms with Crippen LogP contribution in [-0.4, -0.2) is 53.9 Å². The number of rotatable bonds is 4. The number of likely N-dealkylation sites (tertiary alicyclic amines) is 1. The van der Waals surface area contributed by atoms with Gasteiger partial charge in [-0.15, -0.1) is 25.6 Å². The van der Waals surface area contributed by atoms with Crippen molar-refractivity contribution in [2.24, 2.45) is 11.3 Å². The molecule has 2 aliphatic heterocycles. The van der Waals surface area contributed by atoms with Gasteiger partial charge in [0, 0.05) is 31.4 Å². The smallest absolute Gasteiger partial charge is 0.481 e. The van der Waals surface area contributed by atoms with Crippen LogP contribution in [-0.2, 0) is 9.59 Å². The highest BCUT2D eigenvalue weighted by atomic mass is 35.5. The highest BCUT2D eigenvalue weighted by molar-refractivity contribution is 5.99. The van der Waals surface area contributed by atoms with Crippen molar-refractivity contribution in [3.63, 3.8) is 0 Å². The van der Waals surface area contributed by atoms with Gasteiger partial charge in [-0.3, -0.25) is 14.5 Å². The van der Waals surface area contributed by atoms with Gasteiger partial charge in [-0.25, -0.2) is 0 Å². The standard InChI is InChI=1S/C19H21F3N2O4.ClH/c20-19(21,22)28-14-5-1-4-13(9-14)24-8-6-15(16(24)25)23-10-12-3-2-7-18(12,11-23)17(26)27;/h1,4-5,9,12,15H,2-3,6-8,10-11H2,(H,26,27);1H/t12-,15?,18+;/m0./s1. The second kappa shape index (κ2) is 7.68. The van der Waals surface area contributed by atoms with Crippen molar-refractivity contribution in [3.8, 4) is 5.75 Å². The van der Waals surface area contributed by atoms with Gasteiger partial charge in [0.25, 0.3) is 0 Å². The van der Waals surface area contributed by atoms with Crippen LogP contribution >= 0.6 is 12.4 Å². The summed E-state index contributed by atoms with van der Waals surface area (Å²) in [6.07, 6.45) is -1.91. The van der Waals surface area contributed by atoms with Gasteiger partial charge in [0.05, 0.1) is 11.5 Å². The summed E-state index contributed by atoms with van der Waals surface area (Å²) in [4.78, 5) is 28.2. The van der Waals surface area contributed by atoms with E-state index in [-0.39, 0.29) is 30.0 Å². The van der Waals surface area contributed by atoms with E-state index in [9.17, 15) is 27.9 Å². The maximum atomic E-state index is 13.0. The van der Waals surface area contributed by atoms with E-state index in [1.165, 1.54) is 23.1 Å². The Morgan fingerprint density at radius 3 is 2.69 bits per heavy atom. The summed E-state index contributed by atoms with van der Waals surface area (Å²) in [5, 5.41) is 9.73. The molecule has 1 unspecified atom stereocenters. The zero-order chi connectivity index (χ0) is 20.1. The molecule has 1 saturated carbocycles. The van der Waals surface area contributed by atoms with Crippen molar-refractivity contribution in [3.05, 3.63) is 24.3 Å². The van der Waals surface area contributed by atoms with E-state index in [4.69, 9.17) is 0 Å². The van der Waals surface area contributed by atoms with Gasteiger partial charge >= 0.3 is 12.3 Å². The van der Waals surface area contributed by atoms with Gasteiger partial charge in [-0.2, -0.15) is 0 Å². The SMILES string of the molecule is Cl.O=C1C(N2C[C@@H]3CCC[C@@]3(C(=O)O)C2)CCN1c1cccc(OC(F)(F)F)c1. The molecule has 0 bridgehead atoms. The molecule has 29 heavy (non-hydrogen) atoms. The summed E-state index contributed by atoms with van der Waals surface area (Å²) >= 11 is 0. The minimum absolute atomic E-state index is 0. The Bertz CT molecular complexity index is 806. The van der Waals surface area contributed by atoms with Gasteiger partial charge in [0.1, 0.15) is 5.75 Å². The fourth-order valence-electron chi connectivity index (χ4n) is 5.02. The number of benzene rings is 1. The highest BCUT2D eigenvalue weighted by Gasteiger charge is 2.57. The first-order valence-electron chi connectivity index (χ1n) is 9.34. The van der Waals surface area contributed by atoms with E-state index in [2.05, 4.69) is 4.74 Å². The third-order valence-corrected chi connectivity index (χ3v) is 6.30. The zero-order valence-electron chi connectivity index (χ0n) is 15.5. The quantitative estimate of drug-likeness (QED) is 0.787. The molecule has 3 atom stereocenters. The van der Waals surface area contributed by atoms with Crippen LogP contribution in [0.2, 0.25) is 0 Å². The Hall–Kier alpha value is -2.00. The van der Waals surface area contributed by atoms with Gasteiger partial charge in [-0.05, 0) is 37.3 Å². The van der Waals surface area contributed by atoms with Crippen molar-refractivity contribution in [1.82, 2.24) is 4.90 Å². The minimum atomic E-state index is -4.80. The monoisotopic (exact) mass is 434 g/mol. The Balaban J connectivity index is 0.00000240. The molecule has 1 aromatic rings. The molecule has 1 aromatic carbocycles. The van der Waals surface area contributed by atoms with Crippen LogP contribution in [0, 0.1) is 11.3 Å². The minimum Gasteiger partial charge on any atom is -0.481 e. The molecule has 2 saturated heterocycles. The van der Waals surface area contributed by atoms with Crippen LogP contribution in [0.4, 0.5) is 18.9 Å². The second-order valence-electron chi connectivity index (χ2n) is 7.82. The molecule has 4 rings (SSSR count). The largest absolute Gasteiger partial charge is 0.573 e. The molecule has 10 heteroatoms. The number of carboxylic acid groups (broad SMARTS) is 1. The Morgan fingerprint density at radius 2 is 2.03 bits per heavy atom. The normalized spacial score (nSPS) is 29.6. The first kappa shape index (κ1) is 21.7. The number of aliphatic carboxylic acids is 1. The number of fused-ring (bicyclic) bond motifs is 1. The second-order valence-corrected chi connectivity index (χ2v) is 7.82. The lowest BCUT2D eigenvalue weighted by Crippen LogP contribution is -2.43. The van der Waals surface area contributed by atoms with Crippen LogP contribution in [0.1, 0.15) is 25.7 Å². The summed E-state index contributed by atoms with van der Waals surface area (Å²) < 4.78 is 41.3. The number of carbonyl (C=O) groups is 2. The number of anilines is 1. The number of carbonyl (C=O) groups excluding carboxylic acids is 1.